The number of aliphatic hydroxyl groups is 3. The quantitative estimate of drug-likeness (QED) is 0.212. The number of hydrogen-bond donors (Lipinski definition) is 3. The number of fused-ring (bicyclic) bond motifs is 1. The number of hydrogen-bond acceptors (Lipinski definition) is 4. The van der Waals surface area contributed by atoms with E-state index in [-0.39, 0.29) is 16.6 Å². The molecule has 38 heavy (non-hydrogen) atoms. The number of unbranched alkanes of at least 4 members (excludes halogenated alkanes) is 2. The van der Waals surface area contributed by atoms with Crippen molar-refractivity contribution in [2.75, 3.05) is 0 Å². The fraction of sp³-hybridized carbons (Fsp3) is 0.735. The summed E-state index contributed by atoms with van der Waals surface area (Å²) in [6, 6.07) is 0. The van der Waals surface area contributed by atoms with Crippen molar-refractivity contribution >= 4 is 5.78 Å². The first-order chi connectivity index (χ1) is 17.9. The Labute approximate surface area is 231 Å². The SMILES string of the molecule is C=C1/C(=C\C=C2/CCC[C@]3(C)[C@@H](C(C)(C)/C=C/[C@@H](O)C4(C(=O)CCCCC)CC4)CC[C@@H]23)C[C@@H](O)C[C@@H]1O. The van der Waals surface area contributed by atoms with Crippen molar-refractivity contribution in [2.24, 2.45) is 28.1 Å². The summed E-state index contributed by atoms with van der Waals surface area (Å²) in [4.78, 5) is 12.9. The molecule has 0 unspecified atom stereocenters. The third-order valence-corrected chi connectivity index (χ3v) is 10.8. The van der Waals surface area contributed by atoms with E-state index in [1.807, 2.05) is 6.08 Å². The van der Waals surface area contributed by atoms with Gasteiger partial charge in [-0.05, 0) is 91.6 Å². The Hall–Kier alpha value is -1.49. The molecule has 3 N–H and O–H groups in total. The third kappa shape index (κ3) is 5.83. The third-order valence-electron chi connectivity index (χ3n) is 10.8. The van der Waals surface area contributed by atoms with Crippen LogP contribution in [0.1, 0.15) is 111 Å². The Morgan fingerprint density at radius 2 is 1.89 bits per heavy atom. The summed E-state index contributed by atoms with van der Waals surface area (Å²) < 4.78 is 0. The molecule has 4 fully saturated rings. The largest absolute Gasteiger partial charge is 0.393 e. The molecule has 0 aromatic heterocycles. The Kier molecular flexibility index (Phi) is 8.96. The highest BCUT2D eigenvalue weighted by atomic mass is 16.3. The van der Waals surface area contributed by atoms with Gasteiger partial charge in [-0.1, -0.05) is 77.0 Å². The first-order valence-corrected chi connectivity index (χ1v) is 15.3. The van der Waals surface area contributed by atoms with E-state index >= 15 is 0 Å². The summed E-state index contributed by atoms with van der Waals surface area (Å²) >= 11 is 0. The molecule has 4 heteroatoms. The summed E-state index contributed by atoms with van der Waals surface area (Å²) in [6.07, 6.45) is 18.8. The van der Waals surface area contributed by atoms with Crippen LogP contribution in [0.3, 0.4) is 0 Å². The highest BCUT2D eigenvalue weighted by Gasteiger charge is 2.55. The minimum Gasteiger partial charge on any atom is -0.393 e. The van der Waals surface area contributed by atoms with Crippen molar-refractivity contribution in [1.29, 1.82) is 0 Å². The fourth-order valence-electron chi connectivity index (χ4n) is 8.23. The molecule has 4 rings (SSSR count). The summed E-state index contributed by atoms with van der Waals surface area (Å²) in [6.45, 7) is 13.3. The van der Waals surface area contributed by atoms with Gasteiger partial charge < -0.3 is 15.3 Å². The Morgan fingerprint density at radius 1 is 1.16 bits per heavy atom. The van der Waals surface area contributed by atoms with Crippen LogP contribution in [0.25, 0.3) is 0 Å². The number of ketones is 1. The molecule has 0 aromatic rings. The lowest BCUT2D eigenvalue weighted by atomic mass is 9.57. The molecule has 0 aliphatic heterocycles. The smallest absolute Gasteiger partial charge is 0.141 e. The predicted molar refractivity (Wildman–Crippen MR) is 154 cm³/mol. The highest BCUT2D eigenvalue weighted by Crippen LogP contribution is 2.62. The van der Waals surface area contributed by atoms with Gasteiger partial charge in [0.1, 0.15) is 5.78 Å². The predicted octanol–water partition coefficient (Wildman–Crippen LogP) is 7.00. The number of allylic oxidation sites excluding steroid dienone is 4. The molecule has 212 valence electrons. The van der Waals surface area contributed by atoms with E-state index < -0.39 is 23.7 Å². The standard InChI is InChI=1S/C34H52O4/c1-6-7-8-11-30(37)34(19-20-34)31(38)16-18-32(3,4)29-15-14-27-24(10-9-17-33(27,29)5)12-13-25-21-26(35)22-28(36)23(25)2/h12-13,16,18,26-29,31,35-36,38H,2,6-11,14-15,17,19-22H2,1,3-5H3/b18-16+,24-12+,25-13-/t26-,27+,28+,29-,31-,33+/m1/s1. The summed E-state index contributed by atoms with van der Waals surface area (Å²) in [5.41, 5.74) is 2.81. The van der Waals surface area contributed by atoms with Crippen LogP contribution in [0.4, 0.5) is 0 Å². The lowest BCUT2D eigenvalue weighted by molar-refractivity contribution is -0.127. The van der Waals surface area contributed by atoms with Gasteiger partial charge in [0.05, 0.1) is 23.7 Å². The van der Waals surface area contributed by atoms with E-state index in [1.54, 1.807) is 0 Å². The Bertz CT molecular complexity index is 980. The zero-order valence-corrected chi connectivity index (χ0v) is 24.3. The van der Waals surface area contributed by atoms with Crippen molar-refractivity contribution in [3.8, 4) is 0 Å². The Balaban J connectivity index is 1.46. The average Bonchev–Trinajstić information content (AvgIpc) is 3.60. The summed E-state index contributed by atoms with van der Waals surface area (Å²) in [5, 5.41) is 31.5. The molecule has 4 nitrogen and oxygen atoms in total. The van der Waals surface area contributed by atoms with Gasteiger partial charge in [0.15, 0.2) is 0 Å². The van der Waals surface area contributed by atoms with E-state index in [2.05, 4.69) is 52.5 Å². The van der Waals surface area contributed by atoms with E-state index in [0.717, 1.165) is 56.1 Å². The summed E-state index contributed by atoms with van der Waals surface area (Å²) in [7, 11) is 0. The number of Topliss-reactive ketones (excluding diaryl/α,β-unsaturated/α-hetero) is 1. The van der Waals surface area contributed by atoms with Crippen LogP contribution >= 0.6 is 0 Å². The zero-order valence-electron chi connectivity index (χ0n) is 24.3. The second-order valence-electron chi connectivity index (χ2n) is 13.8. The fourth-order valence-corrected chi connectivity index (χ4v) is 8.23. The minimum absolute atomic E-state index is 0.0708. The molecule has 0 bridgehead atoms. The molecule has 0 heterocycles. The first-order valence-electron chi connectivity index (χ1n) is 15.3. The van der Waals surface area contributed by atoms with Crippen LogP contribution in [0.15, 0.2) is 47.6 Å². The highest BCUT2D eigenvalue weighted by molar-refractivity contribution is 5.88. The van der Waals surface area contributed by atoms with Crippen molar-refractivity contribution in [1.82, 2.24) is 0 Å². The van der Waals surface area contributed by atoms with Crippen LogP contribution in [0, 0.1) is 28.1 Å². The van der Waals surface area contributed by atoms with E-state index in [4.69, 9.17) is 0 Å². The molecule has 6 atom stereocenters. The first kappa shape index (κ1) is 29.5. The van der Waals surface area contributed by atoms with E-state index in [1.165, 1.54) is 24.8 Å². The lowest BCUT2D eigenvalue weighted by Crippen LogP contribution is -2.39. The van der Waals surface area contributed by atoms with Crippen LogP contribution in [0.5, 0.6) is 0 Å². The zero-order chi connectivity index (χ0) is 27.7. The molecule has 0 aromatic carbocycles. The molecule has 4 aliphatic carbocycles. The van der Waals surface area contributed by atoms with Gasteiger partial charge in [0, 0.05) is 12.8 Å². The van der Waals surface area contributed by atoms with Crippen molar-refractivity contribution in [2.45, 2.75) is 129 Å². The second kappa shape index (κ2) is 11.6. The van der Waals surface area contributed by atoms with E-state index in [9.17, 15) is 20.1 Å². The van der Waals surface area contributed by atoms with Crippen molar-refractivity contribution < 1.29 is 20.1 Å². The molecular formula is C34H52O4. The monoisotopic (exact) mass is 524 g/mol. The lowest BCUT2D eigenvalue weighted by Gasteiger charge is -2.47. The maximum atomic E-state index is 12.9. The molecule has 0 amide bonds. The molecule has 0 radical (unpaired) electrons. The molecule has 0 spiro atoms. The number of carbonyl (C=O) groups is 1. The van der Waals surface area contributed by atoms with Gasteiger partial charge in [-0.2, -0.15) is 0 Å². The van der Waals surface area contributed by atoms with Crippen LogP contribution in [-0.4, -0.2) is 39.4 Å². The number of rotatable bonds is 10. The topological polar surface area (TPSA) is 77.8 Å². The van der Waals surface area contributed by atoms with Gasteiger partial charge in [-0.3, -0.25) is 4.79 Å². The van der Waals surface area contributed by atoms with Gasteiger partial charge in [0.25, 0.3) is 0 Å². The van der Waals surface area contributed by atoms with Gasteiger partial charge >= 0.3 is 0 Å². The molecular weight excluding hydrogens is 472 g/mol. The van der Waals surface area contributed by atoms with Gasteiger partial charge in [-0.25, -0.2) is 0 Å². The maximum absolute atomic E-state index is 12.9. The van der Waals surface area contributed by atoms with Crippen LogP contribution in [0.2, 0.25) is 0 Å². The second-order valence-corrected chi connectivity index (χ2v) is 13.8. The van der Waals surface area contributed by atoms with Crippen molar-refractivity contribution in [3.63, 3.8) is 0 Å². The number of aliphatic hydroxyl groups excluding tert-OH is 3. The maximum Gasteiger partial charge on any atom is 0.141 e. The minimum atomic E-state index is -0.677. The number of carbonyl (C=O) groups excluding carboxylic acids is 1. The molecule has 0 saturated heterocycles. The normalized spacial score (nSPS) is 36.1. The van der Waals surface area contributed by atoms with E-state index in [0.29, 0.717) is 31.1 Å². The van der Waals surface area contributed by atoms with Crippen LogP contribution in [-0.2, 0) is 4.79 Å². The van der Waals surface area contributed by atoms with Gasteiger partial charge in [0.2, 0.25) is 0 Å². The van der Waals surface area contributed by atoms with Crippen molar-refractivity contribution in [3.05, 3.63) is 47.6 Å². The average molecular weight is 525 g/mol. The van der Waals surface area contributed by atoms with Gasteiger partial charge in [-0.15, -0.1) is 0 Å². The van der Waals surface area contributed by atoms with Crippen LogP contribution < -0.4 is 0 Å². The molecule has 4 saturated carbocycles. The summed E-state index contributed by atoms with van der Waals surface area (Å²) in [5.74, 6) is 1.28. The molecule has 4 aliphatic rings. The Morgan fingerprint density at radius 3 is 2.58 bits per heavy atom.